The fraction of sp³-hybridized carbons (Fsp3) is 0.273. The molecule has 0 spiro atoms. The molecule has 0 nitrogen and oxygen atoms in total. The van der Waals surface area contributed by atoms with Crippen molar-refractivity contribution in [2.24, 2.45) is 0 Å². The summed E-state index contributed by atoms with van der Waals surface area (Å²) in [6.45, 7) is 2.18. The molecule has 0 aliphatic heterocycles. The summed E-state index contributed by atoms with van der Waals surface area (Å²) in [7, 11) is 0. The smallest absolute Gasteiger partial charge is 0.0584 e. The van der Waals surface area contributed by atoms with Gasteiger partial charge in [-0.25, -0.2) is 0 Å². The van der Waals surface area contributed by atoms with Gasteiger partial charge in [0, 0.05) is 10.7 Å². The Morgan fingerprint density at radius 3 is 2.79 bits per heavy atom. The maximum Gasteiger partial charge on any atom is 0.0584 e. The van der Waals surface area contributed by atoms with E-state index in [9.17, 15) is 0 Å². The van der Waals surface area contributed by atoms with Crippen molar-refractivity contribution in [1.82, 2.24) is 0 Å². The molecule has 0 radical (unpaired) electrons. The Labute approximate surface area is 101 Å². The van der Waals surface area contributed by atoms with Gasteiger partial charge >= 0.3 is 0 Å². The molecule has 2 aromatic rings. The second-order valence-corrected chi connectivity index (χ2v) is 5.01. The standard InChI is InChI=1S/C11H10BrClS/c1-2-7-3-4-9(13)11-10(7)8(5-12)6-14-11/h3-4,6H,2,5H2,1H3. The fourth-order valence-corrected chi connectivity index (χ4v) is 3.62. The zero-order valence-corrected chi connectivity index (χ0v) is 11.0. The molecule has 1 aromatic carbocycles. The SMILES string of the molecule is CCc1ccc(Cl)c2scc(CBr)c12. The van der Waals surface area contributed by atoms with Crippen molar-refractivity contribution >= 4 is 49.0 Å². The molecule has 0 N–H and O–H groups in total. The molecule has 1 heterocycles. The van der Waals surface area contributed by atoms with Gasteiger partial charge in [0.25, 0.3) is 0 Å². The van der Waals surface area contributed by atoms with Crippen LogP contribution in [0, 0.1) is 0 Å². The highest BCUT2D eigenvalue weighted by molar-refractivity contribution is 9.08. The summed E-state index contributed by atoms with van der Waals surface area (Å²) >= 11 is 11.4. The van der Waals surface area contributed by atoms with E-state index in [4.69, 9.17) is 11.6 Å². The molecule has 74 valence electrons. The summed E-state index contributed by atoms with van der Waals surface area (Å²) in [4.78, 5) is 0. The Morgan fingerprint density at radius 2 is 2.14 bits per heavy atom. The molecule has 2 rings (SSSR count). The largest absolute Gasteiger partial charge is 0.142 e. The zero-order valence-electron chi connectivity index (χ0n) is 7.81. The second kappa shape index (κ2) is 4.21. The number of rotatable bonds is 2. The van der Waals surface area contributed by atoms with Crippen molar-refractivity contribution in [2.75, 3.05) is 0 Å². The number of hydrogen-bond acceptors (Lipinski definition) is 1. The Balaban J connectivity index is 2.82. The van der Waals surface area contributed by atoms with Crippen molar-refractivity contribution in [3.05, 3.63) is 33.7 Å². The fourth-order valence-electron chi connectivity index (χ4n) is 1.65. The first-order valence-electron chi connectivity index (χ1n) is 4.51. The lowest BCUT2D eigenvalue weighted by Gasteiger charge is -2.03. The van der Waals surface area contributed by atoms with Gasteiger partial charge in [0.15, 0.2) is 0 Å². The highest BCUT2D eigenvalue weighted by atomic mass is 79.9. The van der Waals surface area contributed by atoms with Crippen LogP contribution in [0.25, 0.3) is 10.1 Å². The van der Waals surface area contributed by atoms with E-state index in [0.29, 0.717) is 0 Å². The van der Waals surface area contributed by atoms with Crippen LogP contribution in [0.2, 0.25) is 5.02 Å². The van der Waals surface area contributed by atoms with Crippen LogP contribution >= 0.6 is 38.9 Å². The molecule has 0 bridgehead atoms. The Morgan fingerprint density at radius 1 is 1.36 bits per heavy atom. The molecule has 0 fully saturated rings. The van der Waals surface area contributed by atoms with E-state index in [2.05, 4.69) is 34.3 Å². The van der Waals surface area contributed by atoms with Crippen LogP contribution in [0.1, 0.15) is 18.1 Å². The summed E-state index contributed by atoms with van der Waals surface area (Å²) in [6.07, 6.45) is 1.06. The van der Waals surface area contributed by atoms with Gasteiger partial charge in [0.2, 0.25) is 0 Å². The summed E-state index contributed by atoms with van der Waals surface area (Å²) in [5.41, 5.74) is 2.74. The molecule has 1 aromatic heterocycles. The lowest BCUT2D eigenvalue weighted by molar-refractivity contribution is 1.16. The third-order valence-corrected chi connectivity index (χ3v) is 4.45. The van der Waals surface area contributed by atoms with E-state index in [0.717, 1.165) is 16.8 Å². The van der Waals surface area contributed by atoms with Gasteiger partial charge < -0.3 is 0 Å². The monoisotopic (exact) mass is 288 g/mol. The van der Waals surface area contributed by atoms with Crippen LogP contribution in [0.5, 0.6) is 0 Å². The number of halogens is 2. The number of hydrogen-bond donors (Lipinski definition) is 0. The van der Waals surface area contributed by atoms with E-state index < -0.39 is 0 Å². The van der Waals surface area contributed by atoms with Crippen LogP contribution in [-0.4, -0.2) is 0 Å². The average Bonchev–Trinajstić information content (AvgIpc) is 2.63. The number of aryl methyl sites for hydroxylation is 1. The average molecular weight is 290 g/mol. The molecular weight excluding hydrogens is 280 g/mol. The highest BCUT2D eigenvalue weighted by Crippen LogP contribution is 2.35. The molecule has 0 saturated heterocycles. The van der Waals surface area contributed by atoms with E-state index in [1.165, 1.54) is 21.2 Å². The van der Waals surface area contributed by atoms with Crippen molar-refractivity contribution < 1.29 is 0 Å². The molecule has 0 aliphatic carbocycles. The third kappa shape index (κ3) is 1.60. The van der Waals surface area contributed by atoms with Gasteiger partial charge in [-0.1, -0.05) is 40.5 Å². The quantitative estimate of drug-likeness (QED) is 0.682. The van der Waals surface area contributed by atoms with Crippen molar-refractivity contribution in [3.8, 4) is 0 Å². The Hall–Kier alpha value is -0.0500. The van der Waals surface area contributed by atoms with Gasteiger partial charge in [-0.3, -0.25) is 0 Å². The van der Waals surface area contributed by atoms with Gasteiger partial charge in [-0.2, -0.15) is 0 Å². The minimum atomic E-state index is 0.870. The molecule has 0 atom stereocenters. The lowest BCUT2D eigenvalue weighted by atomic mass is 10.1. The van der Waals surface area contributed by atoms with Crippen LogP contribution in [0.3, 0.4) is 0 Å². The molecule has 3 heteroatoms. The Bertz CT molecular complexity index is 462. The first-order chi connectivity index (χ1) is 6.77. The van der Waals surface area contributed by atoms with Crippen molar-refractivity contribution in [3.63, 3.8) is 0 Å². The molecule has 0 aliphatic rings. The van der Waals surface area contributed by atoms with Gasteiger partial charge in [-0.05, 0) is 29.0 Å². The normalized spacial score (nSPS) is 11.1. The number of thiophene rings is 1. The molecule has 0 amide bonds. The van der Waals surface area contributed by atoms with E-state index in [1.807, 2.05) is 6.07 Å². The molecule has 0 saturated carbocycles. The van der Waals surface area contributed by atoms with Crippen LogP contribution in [0.4, 0.5) is 0 Å². The number of benzene rings is 1. The maximum atomic E-state index is 6.15. The van der Waals surface area contributed by atoms with Crippen molar-refractivity contribution in [2.45, 2.75) is 18.7 Å². The molecular formula is C11H10BrClS. The van der Waals surface area contributed by atoms with E-state index >= 15 is 0 Å². The molecule has 14 heavy (non-hydrogen) atoms. The highest BCUT2D eigenvalue weighted by Gasteiger charge is 2.09. The summed E-state index contributed by atoms with van der Waals surface area (Å²) in [5.74, 6) is 0. The first-order valence-corrected chi connectivity index (χ1v) is 6.89. The summed E-state index contributed by atoms with van der Waals surface area (Å²) < 4.78 is 1.22. The summed E-state index contributed by atoms with van der Waals surface area (Å²) in [6, 6.07) is 4.13. The van der Waals surface area contributed by atoms with Gasteiger partial charge in [-0.15, -0.1) is 11.3 Å². The van der Waals surface area contributed by atoms with Crippen LogP contribution in [0.15, 0.2) is 17.5 Å². The number of alkyl halides is 1. The first kappa shape index (κ1) is 10.5. The van der Waals surface area contributed by atoms with E-state index in [-0.39, 0.29) is 0 Å². The van der Waals surface area contributed by atoms with Crippen LogP contribution in [-0.2, 0) is 11.8 Å². The van der Waals surface area contributed by atoms with Gasteiger partial charge in [0.05, 0.1) is 9.72 Å². The maximum absolute atomic E-state index is 6.15. The van der Waals surface area contributed by atoms with Gasteiger partial charge in [0.1, 0.15) is 0 Å². The predicted octanol–water partition coefficient (Wildman–Crippen LogP) is 5.01. The lowest BCUT2D eigenvalue weighted by Crippen LogP contribution is -1.84. The third-order valence-electron chi connectivity index (χ3n) is 2.36. The minimum absolute atomic E-state index is 0.870. The van der Waals surface area contributed by atoms with Crippen molar-refractivity contribution in [1.29, 1.82) is 0 Å². The zero-order chi connectivity index (χ0) is 10.1. The second-order valence-electron chi connectivity index (χ2n) is 3.16. The predicted molar refractivity (Wildman–Crippen MR) is 68.8 cm³/mol. The molecule has 0 unspecified atom stereocenters. The minimum Gasteiger partial charge on any atom is -0.142 e. The Kier molecular flexibility index (Phi) is 3.15. The topological polar surface area (TPSA) is 0 Å². The van der Waals surface area contributed by atoms with Crippen LogP contribution < -0.4 is 0 Å². The number of fused-ring (bicyclic) bond motifs is 1. The summed E-state index contributed by atoms with van der Waals surface area (Å²) in [5, 5.41) is 5.31. The van der Waals surface area contributed by atoms with E-state index in [1.54, 1.807) is 11.3 Å².